The fraction of sp³-hybridized carbons (Fsp3) is 0.409. The molecule has 1 atom stereocenters. The third kappa shape index (κ3) is 5.59. The third-order valence-corrected chi connectivity index (χ3v) is 6.91. The van der Waals surface area contributed by atoms with Crippen molar-refractivity contribution < 1.29 is 36.2 Å². The van der Waals surface area contributed by atoms with E-state index < -0.39 is 33.8 Å². The van der Waals surface area contributed by atoms with Gasteiger partial charge in [-0.2, -0.15) is 13.2 Å². The number of aryl methyl sites for hydroxylation is 1. The molecule has 33 heavy (non-hydrogen) atoms. The topological polar surface area (TPSA) is 95.9 Å². The highest BCUT2D eigenvalue weighted by Gasteiger charge is 2.33. The van der Waals surface area contributed by atoms with Gasteiger partial charge in [-0.25, -0.2) is 13.2 Å². The molecule has 0 bridgehead atoms. The van der Waals surface area contributed by atoms with Gasteiger partial charge in [-0.15, -0.1) is 0 Å². The summed E-state index contributed by atoms with van der Waals surface area (Å²) in [6, 6.07) is 6.85. The summed E-state index contributed by atoms with van der Waals surface area (Å²) in [7, 11) is -3.21. The van der Waals surface area contributed by atoms with Crippen LogP contribution < -0.4 is 9.62 Å². The first kappa shape index (κ1) is 24.8. The first-order valence-corrected chi connectivity index (χ1v) is 11.8. The van der Waals surface area contributed by atoms with Crippen LogP contribution in [0, 0.1) is 0 Å². The zero-order chi connectivity index (χ0) is 24.4. The smallest absolute Gasteiger partial charge is 0.416 e. The highest BCUT2D eigenvalue weighted by Crippen LogP contribution is 2.37. The van der Waals surface area contributed by atoms with Gasteiger partial charge in [0, 0.05) is 13.1 Å². The molecule has 0 amide bonds. The summed E-state index contributed by atoms with van der Waals surface area (Å²) in [5.74, 6) is -0.740. The summed E-state index contributed by atoms with van der Waals surface area (Å²) in [5.41, 5.74) is -0.659. The Kier molecular flexibility index (Phi) is 7.23. The second-order valence-corrected chi connectivity index (χ2v) is 9.40. The molecule has 2 aromatic carbocycles. The fourth-order valence-electron chi connectivity index (χ4n) is 3.78. The molecule has 1 aliphatic rings. The minimum absolute atomic E-state index is 0.00139. The summed E-state index contributed by atoms with van der Waals surface area (Å²) in [6.45, 7) is 2.34. The van der Waals surface area contributed by atoms with Gasteiger partial charge in [0.2, 0.25) is 0 Å². The molecule has 1 heterocycles. The maximum absolute atomic E-state index is 13.4. The molecule has 11 heteroatoms. The van der Waals surface area contributed by atoms with E-state index in [1.807, 2.05) is 0 Å². The van der Waals surface area contributed by atoms with Crippen LogP contribution in [0.4, 0.5) is 24.5 Å². The lowest BCUT2D eigenvalue weighted by Crippen LogP contribution is -2.38. The summed E-state index contributed by atoms with van der Waals surface area (Å²) >= 11 is 0. The van der Waals surface area contributed by atoms with Crippen molar-refractivity contribution in [1.29, 1.82) is 0 Å². The van der Waals surface area contributed by atoms with E-state index in [1.54, 1.807) is 11.8 Å². The number of carbonyl (C=O) groups is 1. The molecule has 1 aliphatic heterocycles. The van der Waals surface area contributed by atoms with Crippen LogP contribution in [0.2, 0.25) is 0 Å². The van der Waals surface area contributed by atoms with Crippen LogP contribution in [0.25, 0.3) is 0 Å². The van der Waals surface area contributed by atoms with E-state index in [0.29, 0.717) is 31.4 Å². The van der Waals surface area contributed by atoms with Crippen molar-refractivity contribution in [2.75, 3.05) is 29.8 Å². The molecule has 1 saturated heterocycles. The number of aliphatic hydroxyl groups is 1. The molecule has 1 fully saturated rings. The number of esters is 1. The minimum Gasteiger partial charge on any atom is -0.465 e. The monoisotopic (exact) mass is 486 g/mol. The first-order chi connectivity index (χ1) is 15.5. The van der Waals surface area contributed by atoms with Gasteiger partial charge in [-0.05, 0) is 55.2 Å². The van der Waals surface area contributed by atoms with E-state index in [2.05, 4.69) is 9.46 Å². The highest BCUT2D eigenvalue weighted by atomic mass is 32.2. The van der Waals surface area contributed by atoms with Crippen molar-refractivity contribution in [3.8, 4) is 0 Å². The number of nitrogens with one attached hydrogen (secondary N) is 1. The minimum atomic E-state index is -4.68. The Labute approximate surface area is 190 Å². The number of carbonyl (C=O) groups excluding carboxylic acids is 1. The molecule has 1 unspecified atom stereocenters. The van der Waals surface area contributed by atoms with Gasteiger partial charge in [-0.1, -0.05) is 13.0 Å². The Balaban J connectivity index is 2.09. The second-order valence-electron chi connectivity index (χ2n) is 7.74. The van der Waals surface area contributed by atoms with E-state index in [-0.39, 0.29) is 28.4 Å². The van der Waals surface area contributed by atoms with Gasteiger partial charge < -0.3 is 14.7 Å². The number of methoxy groups -OCH3 is 1. The number of benzene rings is 2. The SMILES string of the molecule is CCc1ccc(C(=O)OC)cc1S(=O)(=O)Nc1cc(C(F)(F)F)ccc1N1CCCC(O)C1. The average Bonchev–Trinajstić information content (AvgIpc) is 2.77. The molecule has 3 rings (SSSR count). The van der Waals surface area contributed by atoms with Crippen LogP contribution in [0.3, 0.4) is 0 Å². The van der Waals surface area contributed by atoms with E-state index in [4.69, 9.17) is 0 Å². The normalized spacial score (nSPS) is 17.0. The summed E-state index contributed by atoms with van der Waals surface area (Å²) in [6.07, 6.45) is -3.88. The zero-order valence-electron chi connectivity index (χ0n) is 18.1. The molecule has 0 saturated carbocycles. The lowest BCUT2D eigenvalue weighted by molar-refractivity contribution is -0.137. The Bertz CT molecular complexity index is 1140. The second kappa shape index (κ2) is 9.60. The van der Waals surface area contributed by atoms with Crippen LogP contribution in [0.1, 0.15) is 41.3 Å². The predicted octanol–water partition coefficient (Wildman–Crippen LogP) is 3.82. The van der Waals surface area contributed by atoms with Gasteiger partial charge in [-0.3, -0.25) is 4.72 Å². The number of sulfonamides is 1. The first-order valence-electron chi connectivity index (χ1n) is 10.3. The van der Waals surface area contributed by atoms with Crippen LogP contribution in [0.5, 0.6) is 0 Å². The highest BCUT2D eigenvalue weighted by molar-refractivity contribution is 7.92. The fourth-order valence-corrected chi connectivity index (χ4v) is 5.19. The molecule has 0 aliphatic carbocycles. The number of hydrogen-bond donors (Lipinski definition) is 2. The standard InChI is InChI=1S/C22H25F3N2O5S/c1-3-14-6-7-15(21(29)32-2)11-20(14)33(30,31)26-18-12-16(22(23,24)25)8-9-19(18)27-10-4-5-17(28)13-27/h6-9,11-12,17,26,28H,3-5,10,13H2,1-2H3. The van der Waals surface area contributed by atoms with Crippen LogP contribution in [-0.2, 0) is 27.4 Å². The Morgan fingerprint density at radius 1 is 1.24 bits per heavy atom. The van der Waals surface area contributed by atoms with Gasteiger partial charge in [0.1, 0.15) is 0 Å². The van der Waals surface area contributed by atoms with Crippen molar-refractivity contribution in [3.63, 3.8) is 0 Å². The van der Waals surface area contributed by atoms with Crippen LogP contribution in [0.15, 0.2) is 41.3 Å². The van der Waals surface area contributed by atoms with Gasteiger partial charge in [0.25, 0.3) is 10.0 Å². The van der Waals surface area contributed by atoms with Crippen molar-refractivity contribution in [2.24, 2.45) is 0 Å². The number of nitrogens with zero attached hydrogens (tertiary/aromatic N) is 1. The number of alkyl halides is 3. The molecule has 7 nitrogen and oxygen atoms in total. The quantitative estimate of drug-likeness (QED) is 0.603. The Morgan fingerprint density at radius 3 is 2.58 bits per heavy atom. The maximum Gasteiger partial charge on any atom is 0.416 e. The van der Waals surface area contributed by atoms with E-state index in [0.717, 1.165) is 25.3 Å². The van der Waals surface area contributed by atoms with Crippen molar-refractivity contribution in [2.45, 2.75) is 43.4 Å². The molecule has 0 aromatic heterocycles. The molecular formula is C22H25F3N2O5S. The number of halogens is 3. The van der Waals surface area contributed by atoms with Crippen molar-refractivity contribution in [3.05, 3.63) is 53.1 Å². The van der Waals surface area contributed by atoms with E-state index in [9.17, 15) is 31.5 Å². The maximum atomic E-state index is 13.4. The van der Waals surface area contributed by atoms with E-state index in [1.165, 1.54) is 18.2 Å². The number of ether oxygens (including phenoxy) is 1. The molecule has 0 radical (unpaired) electrons. The van der Waals surface area contributed by atoms with Gasteiger partial charge >= 0.3 is 12.1 Å². The van der Waals surface area contributed by atoms with Crippen molar-refractivity contribution in [1.82, 2.24) is 0 Å². The Hall–Kier alpha value is -2.79. The van der Waals surface area contributed by atoms with Gasteiger partial charge in [0.15, 0.2) is 0 Å². The van der Waals surface area contributed by atoms with E-state index >= 15 is 0 Å². The number of rotatable bonds is 6. The number of piperidine rings is 1. The summed E-state index contributed by atoms with van der Waals surface area (Å²) in [4.78, 5) is 13.3. The number of aliphatic hydroxyl groups excluding tert-OH is 1. The lowest BCUT2D eigenvalue weighted by Gasteiger charge is -2.33. The number of hydrogen-bond acceptors (Lipinski definition) is 6. The molecular weight excluding hydrogens is 461 g/mol. The molecule has 2 N–H and O–H groups in total. The van der Waals surface area contributed by atoms with Crippen molar-refractivity contribution >= 4 is 27.4 Å². The molecule has 2 aromatic rings. The van der Waals surface area contributed by atoms with Crippen LogP contribution >= 0.6 is 0 Å². The van der Waals surface area contributed by atoms with Crippen LogP contribution in [-0.4, -0.2) is 45.8 Å². The predicted molar refractivity (Wildman–Crippen MR) is 117 cm³/mol. The molecule has 0 spiro atoms. The summed E-state index contributed by atoms with van der Waals surface area (Å²) < 4.78 is 73.6. The zero-order valence-corrected chi connectivity index (χ0v) is 19.0. The third-order valence-electron chi connectivity index (χ3n) is 5.46. The lowest BCUT2D eigenvalue weighted by atomic mass is 10.1. The molecule has 180 valence electrons. The number of β-amino-alcohol motifs (C(OH)–C–C–N with tert-alkyl or cyclic N) is 1. The average molecular weight is 487 g/mol. The Morgan fingerprint density at radius 2 is 1.97 bits per heavy atom. The summed E-state index contributed by atoms with van der Waals surface area (Å²) in [5, 5.41) is 10.00. The van der Waals surface area contributed by atoms with Gasteiger partial charge in [0.05, 0.1) is 40.6 Å². The largest absolute Gasteiger partial charge is 0.465 e. The number of anilines is 2.